The van der Waals surface area contributed by atoms with Crippen molar-refractivity contribution in [3.63, 3.8) is 0 Å². The zero-order valence-electron chi connectivity index (χ0n) is 15.1. The molecule has 3 aromatic rings. The summed E-state index contributed by atoms with van der Waals surface area (Å²) < 4.78 is 7.52. The summed E-state index contributed by atoms with van der Waals surface area (Å²) in [7, 11) is 2.05. The molecule has 1 aliphatic rings. The number of carbonyl (C=O) groups excluding carboxylic acids is 1. The van der Waals surface area contributed by atoms with E-state index in [-0.39, 0.29) is 5.78 Å². The summed E-state index contributed by atoms with van der Waals surface area (Å²) in [6.45, 7) is 3.36. The van der Waals surface area contributed by atoms with Gasteiger partial charge in [-0.15, -0.1) is 0 Å². The molecule has 1 saturated heterocycles. The largest absolute Gasteiger partial charge is 0.378 e. The van der Waals surface area contributed by atoms with Crippen molar-refractivity contribution in [1.82, 2.24) is 4.57 Å². The molecule has 134 valence electrons. The second kappa shape index (κ2) is 7.34. The van der Waals surface area contributed by atoms with Crippen LogP contribution in [0.2, 0.25) is 0 Å². The molecule has 1 fully saturated rings. The van der Waals surface area contributed by atoms with Crippen LogP contribution in [0, 0.1) is 0 Å². The van der Waals surface area contributed by atoms with Crippen LogP contribution in [-0.2, 0) is 18.2 Å². The van der Waals surface area contributed by atoms with E-state index >= 15 is 0 Å². The Kier molecular flexibility index (Phi) is 4.76. The average Bonchev–Trinajstić information content (AvgIpc) is 3.03. The number of aromatic nitrogens is 1. The lowest BCUT2D eigenvalue weighted by molar-refractivity contribution is 0.0983. The molecular formula is C22H24N2O2. The molecule has 1 aromatic heterocycles. The Bertz CT molecular complexity index is 906. The van der Waals surface area contributed by atoms with Gasteiger partial charge in [-0.25, -0.2) is 0 Å². The molecule has 0 saturated carbocycles. The highest BCUT2D eigenvalue weighted by Gasteiger charge is 2.13. The lowest BCUT2D eigenvalue weighted by Gasteiger charge is -2.28. The topological polar surface area (TPSA) is 34.5 Å². The first-order chi connectivity index (χ1) is 12.7. The van der Waals surface area contributed by atoms with E-state index in [2.05, 4.69) is 53.0 Å². The van der Waals surface area contributed by atoms with Crippen molar-refractivity contribution in [2.75, 3.05) is 31.2 Å². The highest BCUT2D eigenvalue weighted by atomic mass is 16.5. The monoisotopic (exact) mass is 348 g/mol. The standard InChI is InChI=1S/C22H24N2O2/c1-23-16-18(20-4-2-3-5-21(20)23)8-11-22(25)17-6-9-19(10-7-17)24-12-14-26-15-13-24/h2-7,9-10,16H,8,11-15H2,1H3. The minimum atomic E-state index is 0.200. The number of carbonyl (C=O) groups is 1. The zero-order valence-corrected chi connectivity index (χ0v) is 15.1. The van der Waals surface area contributed by atoms with Gasteiger partial charge in [0.25, 0.3) is 0 Å². The number of morpholine rings is 1. The molecule has 0 amide bonds. The van der Waals surface area contributed by atoms with Gasteiger partial charge < -0.3 is 14.2 Å². The van der Waals surface area contributed by atoms with Gasteiger partial charge in [-0.3, -0.25) is 4.79 Å². The molecule has 0 spiro atoms. The van der Waals surface area contributed by atoms with Gasteiger partial charge >= 0.3 is 0 Å². The molecule has 0 aliphatic carbocycles. The summed E-state index contributed by atoms with van der Waals surface area (Å²) in [6.07, 6.45) is 3.44. The van der Waals surface area contributed by atoms with E-state index in [1.165, 1.54) is 22.2 Å². The Morgan fingerprint density at radius 2 is 1.77 bits per heavy atom. The van der Waals surface area contributed by atoms with Crippen molar-refractivity contribution in [3.05, 3.63) is 65.9 Å². The Morgan fingerprint density at radius 3 is 2.54 bits per heavy atom. The van der Waals surface area contributed by atoms with E-state index in [4.69, 9.17) is 4.74 Å². The van der Waals surface area contributed by atoms with E-state index in [1.807, 2.05) is 18.2 Å². The van der Waals surface area contributed by atoms with Crippen molar-refractivity contribution in [2.24, 2.45) is 7.05 Å². The van der Waals surface area contributed by atoms with E-state index < -0.39 is 0 Å². The van der Waals surface area contributed by atoms with Crippen LogP contribution in [0.15, 0.2) is 54.7 Å². The van der Waals surface area contributed by atoms with Crippen LogP contribution in [0.25, 0.3) is 10.9 Å². The minimum absolute atomic E-state index is 0.200. The van der Waals surface area contributed by atoms with Crippen molar-refractivity contribution in [1.29, 1.82) is 0 Å². The highest BCUT2D eigenvalue weighted by Crippen LogP contribution is 2.23. The number of nitrogens with zero attached hydrogens (tertiary/aromatic N) is 2. The Morgan fingerprint density at radius 1 is 1.04 bits per heavy atom. The van der Waals surface area contributed by atoms with Crippen molar-refractivity contribution in [3.8, 4) is 0 Å². The molecule has 4 heteroatoms. The Hall–Kier alpha value is -2.59. The summed E-state index contributed by atoms with van der Waals surface area (Å²) in [5.41, 5.74) is 4.41. The first kappa shape index (κ1) is 16.9. The normalized spacial score (nSPS) is 14.7. The molecule has 0 N–H and O–H groups in total. The third-order valence-electron chi connectivity index (χ3n) is 5.17. The highest BCUT2D eigenvalue weighted by molar-refractivity contribution is 5.97. The fourth-order valence-electron chi connectivity index (χ4n) is 3.70. The quantitative estimate of drug-likeness (QED) is 0.657. The number of hydrogen-bond acceptors (Lipinski definition) is 3. The molecule has 0 unspecified atom stereocenters. The number of rotatable bonds is 5. The molecular weight excluding hydrogens is 324 g/mol. The van der Waals surface area contributed by atoms with Gasteiger partial charge in [0.15, 0.2) is 5.78 Å². The van der Waals surface area contributed by atoms with Crippen LogP contribution < -0.4 is 4.90 Å². The fourth-order valence-corrected chi connectivity index (χ4v) is 3.70. The van der Waals surface area contributed by atoms with Crippen LogP contribution in [0.3, 0.4) is 0 Å². The molecule has 0 bridgehead atoms. The van der Waals surface area contributed by atoms with Gasteiger partial charge in [-0.2, -0.15) is 0 Å². The maximum absolute atomic E-state index is 12.6. The van der Waals surface area contributed by atoms with Gasteiger partial charge in [0.2, 0.25) is 0 Å². The summed E-state index contributed by atoms with van der Waals surface area (Å²) in [5.74, 6) is 0.200. The smallest absolute Gasteiger partial charge is 0.163 e. The van der Waals surface area contributed by atoms with Gasteiger partial charge in [-0.1, -0.05) is 18.2 Å². The molecule has 2 heterocycles. The first-order valence-electron chi connectivity index (χ1n) is 9.21. The number of ketones is 1. The molecule has 4 rings (SSSR count). The predicted octanol–water partition coefficient (Wildman–Crippen LogP) is 3.83. The summed E-state index contributed by atoms with van der Waals surface area (Å²) in [6, 6.07) is 16.4. The molecule has 1 aliphatic heterocycles. The summed E-state index contributed by atoms with van der Waals surface area (Å²) in [4.78, 5) is 14.9. The molecule has 4 nitrogen and oxygen atoms in total. The summed E-state index contributed by atoms with van der Waals surface area (Å²) >= 11 is 0. The van der Waals surface area contributed by atoms with Crippen molar-refractivity contribution < 1.29 is 9.53 Å². The van der Waals surface area contributed by atoms with Gasteiger partial charge in [0.05, 0.1) is 13.2 Å². The van der Waals surface area contributed by atoms with Crippen molar-refractivity contribution in [2.45, 2.75) is 12.8 Å². The van der Waals surface area contributed by atoms with E-state index in [1.54, 1.807) is 0 Å². The van der Waals surface area contributed by atoms with E-state index in [9.17, 15) is 4.79 Å². The maximum atomic E-state index is 12.6. The Labute approximate surface area is 154 Å². The van der Waals surface area contributed by atoms with Crippen LogP contribution in [0.1, 0.15) is 22.3 Å². The lowest BCUT2D eigenvalue weighted by atomic mass is 10.0. The number of fused-ring (bicyclic) bond motifs is 1. The SMILES string of the molecule is Cn1cc(CCC(=O)c2ccc(N3CCOCC3)cc2)c2ccccc21. The second-order valence-corrected chi connectivity index (χ2v) is 6.85. The third kappa shape index (κ3) is 3.37. The molecule has 0 atom stereocenters. The maximum Gasteiger partial charge on any atom is 0.163 e. The number of Topliss-reactive ketones (excluding diaryl/α,β-unsaturated/α-hetero) is 1. The third-order valence-corrected chi connectivity index (χ3v) is 5.17. The van der Waals surface area contributed by atoms with Gasteiger partial charge in [-0.05, 0) is 42.3 Å². The molecule has 2 aromatic carbocycles. The second-order valence-electron chi connectivity index (χ2n) is 6.85. The van der Waals surface area contributed by atoms with Crippen LogP contribution >= 0.6 is 0 Å². The predicted molar refractivity (Wildman–Crippen MR) is 105 cm³/mol. The van der Waals surface area contributed by atoms with Gasteiger partial charge in [0, 0.05) is 54.9 Å². The number of para-hydroxylation sites is 1. The number of aryl methyl sites for hydroxylation is 2. The van der Waals surface area contributed by atoms with Crippen molar-refractivity contribution >= 4 is 22.4 Å². The zero-order chi connectivity index (χ0) is 17.9. The summed E-state index contributed by atoms with van der Waals surface area (Å²) in [5, 5.41) is 1.24. The minimum Gasteiger partial charge on any atom is -0.378 e. The van der Waals surface area contributed by atoms with Crippen LogP contribution in [0.4, 0.5) is 5.69 Å². The Balaban J connectivity index is 1.43. The molecule has 26 heavy (non-hydrogen) atoms. The number of hydrogen-bond donors (Lipinski definition) is 0. The van der Waals surface area contributed by atoms with Crippen LogP contribution in [0.5, 0.6) is 0 Å². The number of anilines is 1. The van der Waals surface area contributed by atoms with E-state index in [0.29, 0.717) is 6.42 Å². The molecule has 0 radical (unpaired) electrons. The van der Waals surface area contributed by atoms with E-state index in [0.717, 1.165) is 38.3 Å². The fraction of sp³-hybridized carbons (Fsp3) is 0.318. The average molecular weight is 348 g/mol. The number of ether oxygens (including phenoxy) is 1. The lowest BCUT2D eigenvalue weighted by Crippen LogP contribution is -2.36. The number of benzene rings is 2. The van der Waals surface area contributed by atoms with Gasteiger partial charge in [0.1, 0.15) is 0 Å². The van der Waals surface area contributed by atoms with Crippen LogP contribution in [-0.4, -0.2) is 36.7 Å². The first-order valence-corrected chi connectivity index (χ1v) is 9.21.